The monoisotopic (exact) mass is 229 g/mol. The van der Waals surface area contributed by atoms with Gasteiger partial charge in [0.05, 0.1) is 0 Å². The van der Waals surface area contributed by atoms with Crippen LogP contribution in [0.5, 0.6) is 0 Å². The van der Waals surface area contributed by atoms with Gasteiger partial charge < -0.3 is 0 Å². The van der Waals surface area contributed by atoms with Gasteiger partial charge in [-0.05, 0) is 0 Å². The molecule has 0 spiro atoms. The Kier molecular flexibility index (Phi) is 13.4. The molecule has 0 unspecified atom stereocenters. The van der Waals surface area contributed by atoms with Crippen LogP contribution in [0, 0.1) is 20.2 Å². The smallest absolute Gasteiger partial charge is 0.105 e. The Balaban J connectivity index is -0.000000180. The van der Waals surface area contributed by atoms with E-state index in [-0.39, 0.29) is 33.6 Å². The second-order valence-corrected chi connectivity index (χ2v) is 0.529. The van der Waals surface area contributed by atoms with Crippen LogP contribution in [-0.4, -0.2) is 10.2 Å². The summed E-state index contributed by atoms with van der Waals surface area (Å²) in [5.41, 5.74) is 0. The summed E-state index contributed by atoms with van der Waals surface area (Å²) in [7, 11) is 0. The maximum absolute atomic E-state index is 8.95. The normalized spacial score (nSPS) is 5.78. The number of hydrogen-bond acceptors (Lipinski definition) is 5. The molecule has 0 aliphatic rings. The zero-order chi connectivity index (χ0) is 5.86. The fourth-order valence-corrected chi connectivity index (χ4v) is 0.0544. The zero-order valence-corrected chi connectivity index (χ0v) is 5.48. The van der Waals surface area contributed by atoms with Crippen molar-refractivity contribution >= 4 is 0 Å². The molecule has 0 bridgehead atoms. The van der Waals surface area contributed by atoms with Crippen molar-refractivity contribution in [3.05, 3.63) is 20.2 Å². The molecular weight excluding hydrogens is 230 g/mol. The van der Waals surface area contributed by atoms with Crippen molar-refractivity contribution < 1.29 is 48.7 Å². The Bertz CT molecular complexity index is 91.1. The molecule has 0 aliphatic carbocycles. The van der Waals surface area contributed by atoms with Gasteiger partial charge >= 0.3 is 10.2 Å². The van der Waals surface area contributed by atoms with Crippen LogP contribution < -0.4 is 0 Å². The van der Waals surface area contributed by atoms with E-state index >= 15 is 0 Å². The molecule has 0 amide bonds. The molecule has 0 atom stereocenters. The minimum absolute atomic E-state index is 0. The van der Waals surface area contributed by atoms with E-state index in [9.17, 15) is 0 Å². The average Bonchev–Trinajstić information content (AvgIpc) is 1.27. The van der Waals surface area contributed by atoms with Crippen molar-refractivity contribution in [3.8, 4) is 0 Å². The summed E-state index contributed by atoms with van der Waals surface area (Å²) in [5.74, 6) is 0. The molecule has 0 aromatic rings. The van der Waals surface area contributed by atoms with Crippen LogP contribution in [0.25, 0.3) is 0 Å². The minimum Gasteiger partial charge on any atom is -0.105 e. The molecule has 1 radical (unpaired) electrons. The Morgan fingerprint density at radius 3 is 1.33 bits per heavy atom. The zero-order valence-electron chi connectivity index (χ0n) is 3.55. The van der Waals surface area contributed by atoms with Crippen LogP contribution in [0.3, 0.4) is 0 Å². The van der Waals surface area contributed by atoms with Crippen LogP contribution in [0.1, 0.15) is 0 Å². The number of hydrogen-bond donors (Lipinski definition) is 0. The molecule has 0 saturated carbocycles. The molecule has 9 heteroatoms. The van der Waals surface area contributed by atoms with Gasteiger partial charge in [0.1, 0.15) is 0 Å². The summed E-state index contributed by atoms with van der Waals surface area (Å²) in [6.07, 6.45) is 0. The van der Waals surface area contributed by atoms with E-state index in [4.69, 9.17) is 20.2 Å². The Morgan fingerprint density at radius 1 is 1.11 bits per heavy atom. The molecule has 0 saturated heterocycles. The molecule has 0 rings (SSSR count). The molecule has 0 aromatic carbocycles. The minimum atomic E-state index is -1.50. The van der Waals surface area contributed by atoms with Gasteiger partial charge in [0.25, 0.3) is 0 Å². The Labute approximate surface area is 69.3 Å². The third-order valence-corrected chi connectivity index (χ3v) is 0.133. The third kappa shape index (κ3) is 18.4. The first-order valence-corrected chi connectivity index (χ1v) is 1.10. The maximum atomic E-state index is 8.95. The van der Waals surface area contributed by atoms with E-state index in [1.165, 1.54) is 0 Å². The molecule has 0 fully saturated rings. The van der Waals surface area contributed by atoms with E-state index in [0.29, 0.717) is 0 Å². The predicted molar refractivity (Wildman–Crippen MR) is 15.1 cm³/mol. The molecule has 0 aromatic heterocycles. The largest absolute Gasteiger partial charge is 0.356 e. The van der Waals surface area contributed by atoms with Gasteiger partial charge in [0.15, 0.2) is 0 Å². The molecule has 0 aliphatic heterocycles. The van der Waals surface area contributed by atoms with Crippen molar-refractivity contribution in [2.24, 2.45) is 0 Å². The summed E-state index contributed by atoms with van der Waals surface area (Å²) in [5, 5.41) is 14.9. The predicted octanol–water partition coefficient (Wildman–Crippen LogP) is -0.619. The molecule has 61 valence electrons. The van der Waals surface area contributed by atoms with E-state index < -0.39 is 10.2 Å². The van der Waals surface area contributed by atoms with E-state index in [0.717, 1.165) is 0 Å². The second kappa shape index (κ2) is 7.61. The first-order valence-electron chi connectivity index (χ1n) is 1.10. The quantitative estimate of drug-likeness (QED) is 0.358. The van der Waals surface area contributed by atoms with E-state index in [1.807, 2.05) is 0 Å². The van der Waals surface area contributed by atoms with Crippen molar-refractivity contribution in [3.63, 3.8) is 0 Å². The SMILES string of the molecule is O=[N+]([O-])O[N+](=O)[O-].[Cu].[Ni]. The van der Waals surface area contributed by atoms with Crippen molar-refractivity contribution in [1.29, 1.82) is 0 Å². The van der Waals surface area contributed by atoms with Gasteiger partial charge in [-0.1, -0.05) is 0 Å². The fourth-order valence-electron chi connectivity index (χ4n) is 0.0544. The van der Waals surface area contributed by atoms with E-state index in [1.54, 1.807) is 0 Å². The van der Waals surface area contributed by atoms with Crippen molar-refractivity contribution in [2.45, 2.75) is 0 Å². The third-order valence-electron chi connectivity index (χ3n) is 0.133. The standard InChI is InChI=1S/Cu.N2O5.Ni/c;3-1(4)7-2(5)6;. The van der Waals surface area contributed by atoms with Crippen LogP contribution in [-0.2, 0) is 38.5 Å². The van der Waals surface area contributed by atoms with Crippen LogP contribution in [0.2, 0.25) is 0 Å². The molecule has 9 heavy (non-hydrogen) atoms. The molecule has 0 heterocycles. The van der Waals surface area contributed by atoms with Crippen molar-refractivity contribution in [1.82, 2.24) is 0 Å². The fraction of sp³-hybridized carbons (Fsp3) is 0. The van der Waals surface area contributed by atoms with Gasteiger partial charge in [-0.15, -0.1) is 20.2 Å². The first kappa shape index (κ1) is 15.8. The van der Waals surface area contributed by atoms with Crippen LogP contribution in [0.15, 0.2) is 0 Å². The Hall–Kier alpha value is -0.387. The van der Waals surface area contributed by atoms with Gasteiger partial charge in [0, 0.05) is 38.5 Å². The second-order valence-electron chi connectivity index (χ2n) is 0.529. The summed E-state index contributed by atoms with van der Waals surface area (Å²) < 4.78 is 0. The number of rotatable bonds is 2. The van der Waals surface area contributed by atoms with Gasteiger partial charge in [0.2, 0.25) is 0 Å². The molecule has 7 nitrogen and oxygen atoms in total. The van der Waals surface area contributed by atoms with Gasteiger partial charge in [-0.25, -0.2) is 0 Å². The average molecular weight is 230 g/mol. The first-order chi connectivity index (χ1) is 3.13. The summed E-state index contributed by atoms with van der Waals surface area (Å²) in [6.45, 7) is 0. The van der Waals surface area contributed by atoms with Crippen molar-refractivity contribution in [2.75, 3.05) is 0 Å². The topological polar surface area (TPSA) is 95.5 Å². The van der Waals surface area contributed by atoms with E-state index in [2.05, 4.69) is 4.94 Å². The van der Waals surface area contributed by atoms with Gasteiger partial charge in [-0.2, -0.15) is 0 Å². The summed E-state index contributed by atoms with van der Waals surface area (Å²) in [4.78, 5) is 20.6. The molecular formula is CuN2NiO5. The van der Waals surface area contributed by atoms with Crippen LogP contribution in [0.4, 0.5) is 0 Å². The Morgan fingerprint density at radius 2 is 1.33 bits per heavy atom. The maximum Gasteiger partial charge on any atom is 0.356 e. The summed E-state index contributed by atoms with van der Waals surface area (Å²) >= 11 is 0. The van der Waals surface area contributed by atoms with Gasteiger partial charge in [-0.3, -0.25) is 0 Å². The number of nitrogens with zero attached hydrogens (tertiary/aromatic N) is 2. The van der Waals surface area contributed by atoms with Crippen LogP contribution >= 0.6 is 0 Å². The summed E-state index contributed by atoms with van der Waals surface area (Å²) in [6, 6.07) is 0. The molecule has 0 N–H and O–H groups in total.